The van der Waals surface area contributed by atoms with Crippen LogP contribution in [0.15, 0.2) is 81.5 Å². The Morgan fingerprint density at radius 1 is 1.00 bits per heavy atom. The molecule has 4 aromatic rings. The van der Waals surface area contributed by atoms with E-state index in [9.17, 15) is 9.59 Å². The van der Waals surface area contributed by atoms with Gasteiger partial charge in [0, 0.05) is 29.6 Å². The maximum Gasteiger partial charge on any atom is 0.325 e. The number of thioether (sulfide) groups is 1. The number of H-pyrrole nitrogens is 2. The molecule has 0 amide bonds. The molecule has 0 saturated heterocycles. The molecule has 156 valence electrons. The number of aromatic amines is 2. The molecule has 0 bridgehead atoms. The number of rotatable bonds is 7. The van der Waals surface area contributed by atoms with E-state index in [1.165, 1.54) is 6.07 Å². The van der Waals surface area contributed by atoms with Gasteiger partial charge in [-0.1, -0.05) is 66.4 Å². The average Bonchev–Trinajstić information content (AvgIpc) is 3.13. The fraction of sp³-hybridized carbons (Fsp3) is 0.130. The predicted octanol–water partition coefficient (Wildman–Crippen LogP) is 3.35. The van der Waals surface area contributed by atoms with E-state index in [0.29, 0.717) is 11.5 Å². The Morgan fingerprint density at radius 3 is 2.61 bits per heavy atom. The number of hydrogen-bond donors (Lipinski definition) is 2. The van der Waals surface area contributed by atoms with Gasteiger partial charge in [-0.3, -0.25) is 14.3 Å². The van der Waals surface area contributed by atoms with Crippen LogP contribution in [0.25, 0.3) is 11.8 Å². The van der Waals surface area contributed by atoms with Crippen molar-refractivity contribution in [1.82, 2.24) is 24.7 Å². The summed E-state index contributed by atoms with van der Waals surface area (Å²) in [6.45, 7) is 2.02. The highest BCUT2D eigenvalue weighted by molar-refractivity contribution is 7.99. The van der Waals surface area contributed by atoms with Crippen molar-refractivity contribution < 1.29 is 0 Å². The lowest BCUT2D eigenvalue weighted by Crippen LogP contribution is -2.23. The van der Waals surface area contributed by atoms with Crippen LogP contribution in [-0.2, 0) is 6.42 Å². The van der Waals surface area contributed by atoms with Crippen molar-refractivity contribution in [1.29, 1.82) is 0 Å². The van der Waals surface area contributed by atoms with E-state index in [1.54, 1.807) is 11.8 Å². The molecule has 0 unspecified atom stereocenters. The van der Waals surface area contributed by atoms with Gasteiger partial charge in [0.05, 0.1) is 0 Å². The Balaban J connectivity index is 1.63. The molecule has 2 heterocycles. The van der Waals surface area contributed by atoms with Crippen LogP contribution in [0, 0.1) is 6.92 Å². The van der Waals surface area contributed by atoms with Gasteiger partial charge in [0.1, 0.15) is 5.82 Å². The van der Waals surface area contributed by atoms with Gasteiger partial charge in [-0.25, -0.2) is 4.79 Å². The molecule has 2 N–H and O–H groups in total. The lowest BCUT2D eigenvalue weighted by molar-refractivity contribution is 0.829. The molecule has 2 aromatic carbocycles. The summed E-state index contributed by atoms with van der Waals surface area (Å²) in [4.78, 5) is 28.1. The second kappa shape index (κ2) is 9.44. The van der Waals surface area contributed by atoms with Gasteiger partial charge < -0.3 is 4.98 Å². The third-order valence-corrected chi connectivity index (χ3v) is 5.43. The van der Waals surface area contributed by atoms with E-state index >= 15 is 0 Å². The van der Waals surface area contributed by atoms with Crippen LogP contribution in [0.4, 0.5) is 0 Å². The first-order chi connectivity index (χ1) is 15.1. The second-order valence-electron chi connectivity index (χ2n) is 6.99. The zero-order valence-electron chi connectivity index (χ0n) is 16.9. The summed E-state index contributed by atoms with van der Waals surface area (Å²) in [6.07, 6.45) is 4.44. The summed E-state index contributed by atoms with van der Waals surface area (Å²) in [7, 11) is 0. The summed E-state index contributed by atoms with van der Waals surface area (Å²) in [5.74, 6) is 1.36. The minimum absolute atomic E-state index is 0.278. The first-order valence-corrected chi connectivity index (χ1v) is 10.8. The Bertz CT molecular complexity index is 1290. The Morgan fingerprint density at radius 2 is 1.84 bits per heavy atom. The lowest BCUT2D eigenvalue weighted by atomic mass is 10.2. The van der Waals surface area contributed by atoms with E-state index in [4.69, 9.17) is 0 Å². The van der Waals surface area contributed by atoms with Gasteiger partial charge in [0.2, 0.25) is 0 Å². The first-order valence-electron chi connectivity index (χ1n) is 9.77. The van der Waals surface area contributed by atoms with Crippen LogP contribution in [-0.4, -0.2) is 30.5 Å². The van der Waals surface area contributed by atoms with Crippen LogP contribution < -0.4 is 11.2 Å². The molecule has 0 aliphatic carbocycles. The highest BCUT2D eigenvalue weighted by Gasteiger charge is 2.15. The van der Waals surface area contributed by atoms with Crippen LogP contribution >= 0.6 is 11.8 Å². The SMILES string of the molecule is Cc1cccc(-n2c(Cc3cc(=O)[nH]c(=O)[nH]3)nnc2SC/C=C/c2ccccc2)c1. The Kier molecular flexibility index (Phi) is 6.28. The van der Waals surface area contributed by atoms with Crippen LogP contribution in [0.1, 0.15) is 22.6 Å². The summed E-state index contributed by atoms with van der Waals surface area (Å²) in [6, 6.07) is 19.5. The zero-order chi connectivity index (χ0) is 21.6. The molecule has 4 rings (SSSR count). The van der Waals surface area contributed by atoms with Gasteiger partial charge in [-0.05, 0) is 30.2 Å². The number of benzene rings is 2. The van der Waals surface area contributed by atoms with E-state index in [0.717, 1.165) is 27.7 Å². The highest BCUT2D eigenvalue weighted by Crippen LogP contribution is 2.24. The molecule has 8 heteroatoms. The molecular formula is C23H21N5O2S. The van der Waals surface area contributed by atoms with Gasteiger partial charge in [0.25, 0.3) is 5.56 Å². The van der Waals surface area contributed by atoms with E-state index in [1.807, 2.05) is 47.9 Å². The molecule has 0 atom stereocenters. The maximum absolute atomic E-state index is 11.7. The monoisotopic (exact) mass is 431 g/mol. The smallest absolute Gasteiger partial charge is 0.311 e. The first kappa shape index (κ1) is 20.6. The minimum atomic E-state index is -0.537. The predicted molar refractivity (Wildman–Crippen MR) is 123 cm³/mol. The van der Waals surface area contributed by atoms with Crippen molar-refractivity contribution >= 4 is 17.8 Å². The fourth-order valence-electron chi connectivity index (χ4n) is 3.19. The minimum Gasteiger partial charge on any atom is -0.311 e. The number of aryl methyl sites for hydroxylation is 1. The van der Waals surface area contributed by atoms with Crippen molar-refractivity contribution in [2.24, 2.45) is 0 Å². The molecule has 2 aromatic heterocycles. The van der Waals surface area contributed by atoms with Gasteiger partial charge in [-0.2, -0.15) is 0 Å². The summed E-state index contributed by atoms with van der Waals surface area (Å²) < 4.78 is 1.97. The lowest BCUT2D eigenvalue weighted by Gasteiger charge is -2.10. The quantitative estimate of drug-likeness (QED) is 0.438. The van der Waals surface area contributed by atoms with Gasteiger partial charge >= 0.3 is 5.69 Å². The van der Waals surface area contributed by atoms with Crippen LogP contribution in [0.5, 0.6) is 0 Å². The molecule has 0 aliphatic rings. The van der Waals surface area contributed by atoms with Crippen molar-refractivity contribution in [2.75, 3.05) is 5.75 Å². The number of aromatic nitrogens is 5. The van der Waals surface area contributed by atoms with Gasteiger partial charge in [0.15, 0.2) is 5.16 Å². The molecule has 7 nitrogen and oxygen atoms in total. The molecule has 0 aliphatic heterocycles. The second-order valence-corrected chi connectivity index (χ2v) is 7.97. The molecule has 0 radical (unpaired) electrons. The maximum atomic E-state index is 11.7. The number of nitrogens with zero attached hydrogens (tertiary/aromatic N) is 3. The summed E-state index contributed by atoms with van der Waals surface area (Å²) in [5.41, 5.74) is 2.69. The van der Waals surface area contributed by atoms with Crippen molar-refractivity contribution in [2.45, 2.75) is 18.5 Å². The third-order valence-electron chi connectivity index (χ3n) is 4.54. The third kappa shape index (κ3) is 5.29. The Labute approximate surface area is 182 Å². The van der Waals surface area contributed by atoms with Crippen molar-refractivity contribution in [3.8, 4) is 5.69 Å². The standard InChI is InChI=1S/C23H21N5O2S/c1-16-7-5-11-19(13-16)28-20(14-18-15-21(29)25-22(30)24-18)26-27-23(28)31-12-6-10-17-8-3-2-4-9-17/h2-11,13,15H,12,14H2,1H3,(H2,24,25,29,30)/b10-6+. The van der Waals surface area contributed by atoms with Crippen LogP contribution in [0.2, 0.25) is 0 Å². The summed E-state index contributed by atoms with van der Waals surface area (Å²) in [5, 5.41) is 9.46. The van der Waals surface area contributed by atoms with Gasteiger partial charge in [-0.15, -0.1) is 10.2 Å². The van der Waals surface area contributed by atoms with Crippen molar-refractivity contribution in [3.05, 3.63) is 110 Å². The topological polar surface area (TPSA) is 96.4 Å². The van der Waals surface area contributed by atoms with Crippen LogP contribution in [0.3, 0.4) is 0 Å². The Hall–Kier alpha value is -3.65. The largest absolute Gasteiger partial charge is 0.325 e. The molecular weight excluding hydrogens is 410 g/mol. The zero-order valence-corrected chi connectivity index (χ0v) is 17.7. The van der Waals surface area contributed by atoms with E-state index < -0.39 is 11.2 Å². The molecule has 0 fully saturated rings. The fourth-order valence-corrected chi connectivity index (χ4v) is 3.97. The van der Waals surface area contributed by atoms with E-state index in [2.05, 4.69) is 50.5 Å². The average molecular weight is 432 g/mol. The van der Waals surface area contributed by atoms with E-state index in [-0.39, 0.29) is 6.42 Å². The summed E-state index contributed by atoms with van der Waals surface area (Å²) >= 11 is 1.57. The molecule has 0 spiro atoms. The molecule has 31 heavy (non-hydrogen) atoms. The number of hydrogen-bond acceptors (Lipinski definition) is 5. The molecule has 0 saturated carbocycles. The number of nitrogens with one attached hydrogen (secondary N) is 2. The normalized spacial score (nSPS) is 11.3. The highest BCUT2D eigenvalue weighted by atomic mass is 32.2. The van der Waals surface area contributed by atoms with Crippen molar-refractivity contribution in [3.63, 3.8) is 0 Å².